The fourth-order valence-electron chi connectivity index (χ4n) is 2.08. The van der Waals surface area contributed by atoms with E-state index >= 15 is 0 Å². The topological polar surface area (TPSA) is 0 Å². The molecule has 140 valence electrons. The minimum atomic E-state index is -10.7. The largest absolute Gasteiger partial charge is 0.166 e. The Labute approximate surface area is 150 Å². The molecule has 0 saturated carbocycles. The van der Waals surface area contributed by atoms with E-state index in [0.717, 1.165) is 0 Å². The van der Waals surface area contributed by atoms with Crippen LogP contribution in [0, 0.1) is 0 Å². The summed E-state index contributed by atoms with van der Waals surface area (Å²) < 4.78 is 59.2. The maximum Gasteiger partial charge on any atom is 0.166 e. The van der Waals surface area contributed by atoms with Gasteiger partial charge in [0, 0.05) is 0 Å². The summed E-state index contributed by atoms with van der Waals surface area (Å²) in [7, 11) is -10.7. The average molecular weight is 408 g/mol. The van der Waals surface area contributed by atoms with Gasteiger partial charge >= 0.3 is 33.0 Å². The molecule has 0 unspecified atom stereocenters. The monoisotopic (exact) mass is 408 g/mol. The minimum absolute atomic E-state index is 0.0146. The van der Waals surface area contributed by atoms with Crippen molar-refractivity contribution in [2.45, 2.75) is 14.7 Å². The van der Waals surface area contributed by atoms with Gasteiger partial charge in [0.05, 0.1) is 10.9 Å². The third-order valence-electron chi connectivity index (χ3n) is 2.94. The molecule has 0 spiro atoms. The fourth-order valence-corrected chi connectivity index (χ4v) is 4.18. The number of benzene rings is 3. The Balaban J connectivity index is 0.000000298. The molecule has 0 aliphatic heterocycles. The van der Waals surface area contributed by atoms with Crippen molar-refractivity contribution in [3.63, 3.8) is 0 Å². The zero-order valence-electron chi connectivity index (χ0n) is 13.3. The molecule has 0 radical (unpaired) electrons. The Morgan fingerprint density at radius 2 is 0.615 bits per heavy atom. The minimum Gasteiger partial charge on any atom is -0.0619 e. The van der Waals surface area contributed by atoms with Gasteiger partial charge in [0.2, 0.25) is 0 Å². The smallest absolute Gasteiger partial charge is 0.0619 e. The van der Waals surface area contributed by atoms with E-state index in [9.17, 15) is 25.2 Å². The molecule has 0 aromatic heterocycles. The summed E-state index contributed by atoms with van der Waals surface area (Å²) in [6.07, 6.45) is 0. The van der Waals surface area contributed by atoms with Crippen LogP contribution >= 0.6 is 7.81 Å². The van der Waals surface area contributed by atoms with Crippen LogP contribution in [-0.2, 0) is 10.9 Å². The molecule has 0 aliphatic carbocycles. The summed E-state index contributed by atoms with van der Waals surface area (Å²) in [5.74, 6) is 0. The molecule has 3 aromatic rings. The summed E-state index contributed by atoms with van der Waals surface area (Å²) in [6, 6.07) is 32.2. The molecule has 0 amide bonds. The zero-order chi connectivity index (χ0) is 19.3. The molecule has 26 heavy (non-hydrogen) atoms. The van der Waals surface area contributed by atoms with Crippen LogP contribution in [0.5, 0.6) is 0 Å². The number of hydrogen-bond acceptors (Lipinski definition) is 0. The van der Waals surface area contributed by atoms with Crippen molar-refractivity contribution in [2.75, 3.05) is 0 Å². The normalized spacial score (nSPS) is 14.0. The maximum atomic E-state index is 9.87. The van der Waals surface area contributed by atoms with Gasteiger partial charge in [-0.15, -0.1) is 0 Å². The molecule has 8 heteroatoms. The predicted molar refractivity (Wildman–Crippen MR) is 95.1 cm³/mol. The average Bonchev–Trinajstić information content (AvgIpc) is 2.55. The Bertz CT molecular complexity index is 716. The van der Waals surface area contributed by atoms with Crippen LogP contribution in [-0.4, -0.2) is 0 Å². The molecule has 0 saturated heterocycles. The second-order valence-corrected chi connectivity index (χ2v) is 9.15. The third kappa shape index (κ3) is 8.41. The number of rotatable bonds is 3. The van der Waals surface area contributed by atoms with Gasteiger partial charge in [0.15, 0.2) is 14.7 Å². The first-order valence-electron chi connectivity index (χ1n) is 7.36. The Morgan fingerprint density at radius 1 is 0.423 bits per heavy atom. The van der Waals surface area contributed by atoms with Crippen LogP contribution in [0.3, 0.4) is 0 Å². The summed E-state index contributed by atoms with van der Waals surface area (Å²) >= 11 is 0. The zero-order valence-corrected chi connectivity index (χ0v) is 15.0. The van der Waals surface area contributed by atoms with Crippen LogP contribution in [0.15, 0.2) is 106 Å². The summed E-state index contributed by atoms with van der Waals surface area (Å²) in [5.41, 5.74) is 0. The number of halogens is 6. The van der Waals surface area contributed by atoms with Crippen molar-refractivity contribution in [1.29, 1.82) is 0 Å². The van der Waals surface area contributed by atoms with Gasteiger partial charge in [0.25, 0.3) is 0 Å². The Morgan fingerprint density at radius 3 is 0.808 bits per heavy atom. The SMILES string of the molecule is F[P-](F)(F)(F)(F)F.c1ccc([S+](c2ccccc2)c2ccccc2)cc1. The van der Waals surface area contributed by atoms with Gasteiger partial charge in [-0.3, -0.25) is 0 Å². The first-order chi connectivity index (χ1) is 11.9. The van der Waals surface area contributed by atoms with Crippen molar-refractivity contribution >= 4 is 18.7 Å². The van der Waals surface area contributed by atoms with Gasteiger partial charge in [-0.05, 0) is 36.4 Å². The van der Waals surface area contributed by atoms with Crippen LogP contribution in [0.25, 0.3) is 0 Å². The maximum absolute atomic E-state index is 10.7. The molecule has 0 N–H and O–H groups in total. The molecule has 0 bridgehead atoms. The van der Waals surface area contributed by atoms with E-state index < -0.39 is 7.81 Å². The van der Waals surface area contributed by atoms with E-state index in [0.29, 0.717) is 0 Å². The molecule has 0 nitrogen and oxygen atoms in total. The predicted octanol–water partition coefficient (Wildman–Crippen LogP) is 8.16. The van der Waals surface area contributed by atoms with Crippen molar-refractivity contribution in [1.82, 2.24) is 0 Å². The van der Waals surface area contributed by atoms with Gasteiger partial charge < -0.3 is 0 Å². The van der Waals surface area contributed by atoms with E-state index in [1.807, 2.05) is 0 Å². The summed E-state index contributed by atoms with van der Waals surface area (Å²) in [4.78, 5) is 4.08. The first kappa shape index (κ1) is 20.3. The van der Waals surface area contributed by atoms with Crippen LogP contribution in [0.1, 0.15) is 0 Å². The van der Waals surface area contributed by atoms with Crippen LogP contribution < -0.4 is 0 Å². The molecule has 0 atom stereocenters. The van der Waals surface area contributed by atoms with Crippen molar-refractivity contribution in [3.8, 4) is 0 Å². The Hall–Kier alpha value is -1.98. The second kappa shape index (κ2) is 6.97. The standard InChI is InChI=1S/C18H15S.F6P/c1-4-10-16(11-5-1)19(17-12-6-2-7-13-17)18-14-8-3-9-15-18;1-7(2,3,4,5)6/h1-15H;/q+1;-1. The molecule has 3 rings (SSSR count). The molecule has 0 fully saturated rings. The van der Waals surface area contributed by atoms with Crippen molar-refractivity contribution in [2.24, 2.45) is 0 Å². The third-order valence-corrected chi connectivity index (χ3v) is 5.17. The van der Waals surface area contributed by atoms with Gasteiger partial charge in [0.1, 0.15) is 0 Å². The molecule has 0 heterocycles. The van der Waals surface area contributed by atoms with Gasteiger partial charge in [-0.2, -0.15) is 0 Å². The molecular weight excluding hydrogens is 393 g/mol. The van der Waals surface area contributed by atoms with E-state index in [2.05, 4.69) is 91.0 Å². The van der Waals surface area contributed by atoms with E-state index in [-0.39, 0.29) is 10.9 Å². The summed E-state index contributed by atoms with van der Waals surface area (Å²) in [6.45, 7) is 0. The molecular formula is C18H15F6PS. The fraction of sp³-hybridized carbons (Fsp3) is 0. The second-order valence-electron chi connectivity index (χ2n) is 5.20. The van der Waals surface area contributed by atoms with Crippen LogP contribution in [0.4, 0.5) is 25.2 Å². The summed E-state index contributed by atoms with van der Waals surface area (Å²) in [5, 5.41) is 0. The van der Waals surface area contributed by atoms with E-state index in [4.69, 9.17) is 0 Å². The Kier molecular flexibility index (Phi) is 5.45. The van der Waals surface area contributed by atoms with E-state index in [1.54, 1.807) is 0 Å². The molecule has 3 aromatic carbocycles. The molecule has 0 aliphatic rings. The van der Waals surface area contributed by atoms with Crippen molar-refractivity contribution in [3.05, 3.63) is 91.0 Å². The van der Waals surface area contributed by atoms with Crippen molar-refractivity contribution < 1.29 is 25.2 Å². The van der Waals surface area contributed by atoms with E-state index in [1.165, 1.54) is 14.7 Å². The number of hydrogen-bond donors (Lipinski definition) is 0. The quantitative estimate of drug-likeness (QED) is 0.233. The van der Waals surface area contributed by atoms with Gasteiger partial charge in [-0.1, -0.05) is 54.6 Å². The first-order valence-corrected chi connectivity index (χ1v) is 10.6. The van der Waals surface area contributed by atoms with Crippen LogP contribution in [0.2, 0.25) is 0 Å². The van der Waals surface area contributed by atoms with Gasteiger partial charge in [-0.25, -0.2) is 0 Å².